The Morgan fingerprint density at radius 3 is 1.13 bits per heavy atom. The van der Waals surface area contributed by atoms with Crippen molar-refractivity contribution in [2.75, 3.05) is 13.2 Å². The molecule has 0 saturated heterocycles. The zero-order valence-corrected chi connectivity index (χ0v) is 34.1. The summed E-state index contributed by atoms with van der Waals surface area (Å²) in [5.74, 6) is 0.970. The van der Waals surface area contributed by atoms with Gasteiger partial charge in [0.1, 0.15) is 5.75 Å². The highest BCUT2D eigenvalue weighted by Crippen LogP contribution is 2.34. The highest BCUT2D eigenvalue weighted by Gasteiger charge is 2.10. The monoisotopic (exact) mass is 711 g/mol. The molecule has 0 N–H and O–H groups in total. The van der Waals surface area contributed by atoms with Gasteiger partial charge >= 0.3 is 0 Å². The number of benzene rings is 3. The van der Waals surface area contributed by atoms with Crippen molar-refractivity contribution in [1.29, 1.82) is 0 Å². The number of rotatable bonds is 33. The van der Waals surface area contributed by atoms with E-state index in [0.717, 1.165) is 31.8 Å². The molecule has 290 valence electrons. The molecule has 0 spiro atoms. The maximum absolute atomic E-state index is 6.25. The molecule has 3 aromatic carbocycles. The molecule has 2 heteroatoms. The van der Waals surface area contributed by atoms with E-state index in [1.165, 1.54) is 182 Å². The van der Waals surface area contributed by atoms with Gasteiger partial charge in [0, 0.05) is 6.61 Å². The molecule has 0 radical (unpaired) electrons. The molecule has 0 saturated carbocycles. The molecule has 0 aliphatic heterocycles. The first-order valence-corrected chi connectivity index (χ1v) is 22.3. The number of hydrogen-bond acceptors (Lipinski definition) is 2. The molecule has 0 heterocycles. The Hall–Kier alpha value is -2.58. The molecule has 3 aromatic rings. The van der Waals surface area contributed by atoms with Gasteiger partial charge < -0.3 is 9.47 Å². The quantitative estimate of drug-likeness (QED) is 0.0586. The molecule has 0 fully saturated rings. The third kappa shape index (κ3) is 19.5. The van der Waals surface area contributed by atoms with Crippen molar-refractivity contribution in [2.24, 2.45) is 0 Å². The molecule has 52 heavy (non-hydrogen) atoms. The third-order valence-corrected chi connectivity index (χ3v) is 10.9. The van der Waals surface area contributed by atoms with Crippen LogP contribution in [-0.2, 0) is 4.74 Å². The van der Waals surface area contributed by atoms with Crippen LogP contribution in [-0.4, -0.2) is 13.2 Å². The minimum Gasteiger partial charge on any atom is -0.494 e. The van der Waals surface area contributed by atoms with E-state index in [-0.39, 0.29) is 6.10 Å². The molecule has 1 unspecified atom stereocenters. The van der Waals surface area contributed by atoms with Crippen LogP contribution >= 0.6 is 0 Å². The summed E-state index contributed by atoms with van der Waals surface area (Å²) in [6.45, 7) is 8.43. The van der Waals surface area contributed by atoms with E-state index >= 15 is 0 Å². The Kier molecular flexibility index (Phi) is 25.1. The highest BCUT2D eigenvalue weighted by atomic mass is 16.5. The van der Waals surface area contributed by atoms with E-state index in [0.29, 0.717) is 0 Å². The zero-order chi connectivity index (χ0) is 36.7. The maximum Gasteiger partial charge on any atom is 0.119 e. The van der Waals surface area contributed by atoms with E-state index in [9.17, 15) is 0 Å². The SMILES string of the molecule is CCCCCCCCCCCCCCCOc1ccc(-c2ccccc2-c2ccc(C(C)OCCCCCCCCCCCCCCC)cc2)cc1. The highest BCUT2D eigenvalue weighted by molar-refractivity contribution is 5.83. The Balaban J connectivity index is 1.28. The minimum atomic E-state index is 0.119. The summed E-state index contributed by atoms with van der Waals surface area (Å²) in [5.41, 5.74) is 6.23. The molecular weight excluding hydrogens is 633 g/mol. The van der Waals surface area contributed by atoms with Crippen molar-refractivity contribution in [3.05, 3.63) is 78.4 Å². The maximum atomic E-state index is 6.25. The lowest BCUT2D eigenvalue weighted by Gasteiger charge is -2.15. The standard InChI is InChI=1S/C50H78O2/c1-4-6-8-10-12-14-16-18-20-22-24-26-30-42-51-44(3)45-34-36-46(37-35-45)49-32-28-29-33-50(49)47-38-40-48(41-39-47)52-43-31-27-25-23-21-19-17-15-13-11-9-7-5-2/h28-29,32-41,44H,4-27,30-31,42-43H2,1-3H3. The third-order valence-electron chi connectivity index (χ3n) is 10.9. The fourth-order valence-corrected chi connectivity index (χ4v) is 7.44. The Bertz CT molecular complexity index is 1230. The number of ether oxygens (including phenoxy) is 2. The fraction of sp³-hybridized carbons (Fsp3) is 0.640. The van der Waals surface area contributed by atoms with Crippen molar-refractivity contribution in [1.82, 2.24) is 0 Å². The predicted molar refractivity (Wildman–Crippen MR) is 229 cm³/mol. The first kappa shape index (κ1) is 43.8. The lowest BCUT2D eigenvalue weighted by Crippen LogP contribution is -2.02. The summed E-state index contributed by atoms with van der Waals surface area (Å²) in [4.78, 5) is 0. The van der Waals surface area contributed by atoms with Gasteiger partial charge in [-0.2, -0.15) is 0 Å². The molecular formula is C50H78O2. The molecule has 0 aliphatic carbocycles. The van der Waals surface area contributed by atoms with E-state index in [1.54, 1.807) is 0 Å². The van der Waals surface area contributed by atoms with Crippen molar-refractivity contribution >= 4 is 0 Å². The molecule has 1 atom stereocenters. The Morgan fingerprint density at radius 1 is 0.385 bits per heavy atom. The van der Waals surface area contributed by atoms with Gasteiger partial charge in [0.2, 0.25) is 0 Å². The smallest absolute Gasteiger partial charge is 0.119 e. The Morgan fingerprint density at radius 2 is 0.731 bits per heavy atom. The second-order valence-corrected chi connectivity index (χ2v) is 15.5. The summed E-state index contributed by atoms with van der Waals surface area (Å²) in [5, 5.41) is 0. The summed E-state index contributed by atoms with van der Waals surface area (Å²) < 4.78 is 12.4. The van der Waals surface area contributed by atoms with Crippen molar-refractivity contribution in [2.45, 2.75) is 194 Å². The van der Waals surface area contributed by atoms with Crippen molar-refractivity contribution in [3.8, 4) is 28.0 Å². The van der Waals surface area contributed by atoms with E-state index in [2.05, 4.69) is 93.6 Å². The average Bonchev–Trinajstić information content (AvgIpc) is 3.18. The van der Waals surface area contributed by atoms with Crippen LogP contribution < -0.4 is 4.74 Å². The molecule has 0 aromatic heterocycles. The van der Waals surface area contributed by atoms with Crippen LogP contribution in [0.1, 0.15) is 199 Å². The van der Waals surface area contributed by atoms with Crippen LogP contribution in [0.25, 0.3) is 22.3 Å². The van der Waals surface area contributed by atoms with Crippen LogP contribution in [0.5, 0.6) is 5.75 Å². The second-order valence-electron chi connectivity index (χ2n) is 15.5. The van der Waals surface area contributed by atoms with Gasteiger partial charge in [0.15, 0.2) is 0 Å². The summed E-state index contributed by atoms with van der Waals surface area (Å²) in [6, 6.07) is 26.4. The van der Waals surface area contributed by atoms with Crippen molar-refractivity contribution < 1.29 is 9.47 Å². The van der Waals surface area contributed by atoms with E-state index in [4.69, 9.17) is 9.47 Å². The van der Waals surface area contributed by atoms with Gasteiger partial charge in [-0.05, 0) is 59.7 Å². The number of hydrogen-bond donors (Lipinski definition) is 0. The van der Waals surface area contributed by atoms with Crippen molar-refractivity contribution in [3.63, 3.8) is 0 Å². The first-order chi connectivity index (χ1) is 25.7. The molecule has 0 bridgehead atoms. The molecule has 2 nitrogen and oxygen atoms in total. The van der Waals surface area contributed by atoms with Gasteiger partial charge in [0.05, 0.1) is 12.7 Å². The average molecular weight is 711 g/mol. The topological polar surface area (TPSA) is 18.5 Å². The van der Waals surface area contributed by atoms with Crippen LogP contribution in [0.4, 0.5) is 0 Å². The van der Waals surface area contributed by atoms with Gasteiger partial charge in [0.25, 0.3) is 0 Å². The van der Waals surface area contributed by atoms with Gasteiger partial charge in [-0.3, -0.25) is 0 Å². The second kappa shape index (κ2) is 29.8. The summed E-state index contributed by atoms with van der Waals surface area (Å²) in [6.07, 6.45) is 35.9. The molecule has 3 rings (SSSR count). The van der Waals surface area contributed by atoms with Gasteiger partial charge in [-0.25, -0.2) is 0 Å². The van der Waals surface area contributed by atoms with Gasteiger partial charge in [-0.15, -0.1) is 0 Å². The van der Waals surface area contributed by atoms with Crippen LogP contribution in [0.2, 0.25) is 0 Å². The summed E-state index contributed by atoms with van der Waals surface area (Å²) in [7, 11) is 0. The lowest BCUT2D eigenvalue weighted by molar-refractivity contribution is 0.0627. The van der Waals surface area contributed by atoms with Gasteiger partial charge in [-0.1, -0.05) is 229 Å². The molecule has 0 aliphatic rings. The molecule has 0 amide bonds. The zero-order valence-electron chi connectivity index (χ0n) is 34.1. The number of unbranched alkanes of at least 4 members (excludes halogenated alkanes) is 24. The van der Waals surface area contributed by atoms with E-state index < -0.39 is 0 Å². The van der Waals surface area contributed by atoms with E-state index in [1.807, 2.05) is 0 Å². The fourth-order valence-electron chi connectivity index (χ4n) is 7.44. The first-order valence-electron chi connectivity index (χ1n) is 22.3. The lowest BCUT2D eigenvalue weighted by atomic mass is 9.94. The van der Waals surface area contributed by atoms with Crippen LogP contribution in [0.15, 0.2) is 72.8 Å². The minimum absolute atomic E-state index is 0.119. The summed E-state index contributed by atoms with van der Waals surface area (Å²) >= 11 is 0. The van der Waals surface area contributed by atoms with Crippen LogP contribution in [0.3, 0.4) is 0 Å². The predicted octanol–water partition coefficient (Wildman–Crippen LogP) is 16.7. The largest absolute Gasteiger partial charge is 0.494 e. The van der Waals surface area contributed by atoms with Crippen LogP contribution in [0, 0.1) is 0 Å². The Labute approximate surface area is 321 Å². The normalized spacial score (nSPS) is 12.0.